The standard InChI is InChI=1S/C17H28N2.C16H26N2.C16H25N.C13H21N/c1-4-18-11-13-19(14-12-18)10-9-16-5-7-17(8-6-16)15(2)3;1-14(2)16-6-4-15(5-7-16)8-9-18-12-10-17(3)11-13-18;1-14(2)16-8-6-15(7-9-16)10-13-17-11-4-3-5-12-17;1-11(2)13-7-5-12(6-8-13)9-10-14(3)4/h5-8,15H,4,9-14H2,1-3H3;4-7,14H,8-13H2,1-3H3;6-9,14H,3-5,10-13H2,1-2H3;5-8,11H,9-10H2,1-4H3. The normalized spacial score (nSPS) is 16.7. The van der Waals surface area contributed by atoms with Crippen molar-refractivity contribution >= 4 is 0 Å². The molecule has 6 nitrogen and oxygen atoms in total. The topological polar surface area (TPSA) is 19.4 Å². The number of rotatable bonds is 17. The second kappa shape index (κ2) is 31.8. The molecule has 3 saturated heterocycles. The monoisotopic (exact) mass is 929 g/mol. The molecule has 0 aromatic heterocycles. The van der Waals surface area contributed by atoms with Crippen LogP contribution in [-0.4, -0.2) is 149 Å². The van der Waals surface area contributed by atoms with Gasteiger partial charge in [0, 0.05) is 78.5 Å². The summed E-state index contributed by atoms with van der Waals surface area (Å²) in [6.45, 7) is 38.6. The molecular formula is C62H100N6. The van der Waals surface area contributed by atoms with Gasteiger partial charge < -0.3 is 29.4 Å². The maximum absolute atomic E-state index is 2.61. The molecule has 0 radical (unpaired) electrons. The van der Waals surface area contributed by atoms with E-state index in [0.29, 0.717) is 23.7 Å². The van der Waals surface area contributed by atoms with Crippen LogP contribution in [0.3, 0.4) is 0 Å². The minimum Gasteiger partial charge on any atom is -0.309 e. The van der Waals surface area contributed by atoms with Crippen LogP contribution in [0.4, 0.5) is 0 Å². The van der Waals surface area contributed by atoms with Crippen molar-refractivity contribution in [2.75, 3.05) is 119 Å². The number of piperidine rings is 1. The van der Waals surface area contributed by atoms with Crippen molar-refractivity contribution in [3.63, 3.8) is 0 Å². The smallest absolute Gasteiger partial charge is 0.0110 e. The van der Waals surface area contributed by atoms with Crippen LogP contribution in [0, 0.1) is 0 Å². The van der Waals surface area contributed by atoms with Crippen LogP contribution in [0.25, 0.3) is 0 Å². The van der Waals surface area contributed by atoms with Crippen molar-refractivity contribution in [3.8, 4) is 0 Å². The molecule has 0 bridgehead atoms. The lowest BCUT2D eigenvalue weighted by atomic mass is 10.0. The van der Waals surface area contributed by atoms with E-state index in [9.17, 15) is 0 Å². The van der Waals surface area contributed by atoms with Crippen molar-refractivity contribution in [3.05, 3.63) is 142 Å². The summed E-state index contributed by atoms with van der Waals surface area (Å²) in [5.74, 6) is 2.55. The van der Waals surface area contributed by atoms with Crippen LogP contribution in [-0.2, 0) is 25.7 Å². The third-order valence-corrected chi connectivity index (χ3v) is 14.5. The molecule has 0 N–H and O–H groups in total. The number of nitrogens with zero attached hydrogens (tertiary/aromatic N) is 6. The van der Waals surface area contributed by atoms with E-state index in [0.717, 1.165) is 13.0 Å². The van der Waals surface area contributed by atoms with Crippen LogP contribution in [0.1, 0.15) is 150 Å². The number of benzene rings is 4. The van der Waals surface area contributed by atoms with Gasteiger partial charge >= 0.3 is 0 Å². The van der Waals surface area contributed by atoms with E-state index in [1.807, 2.05) is 0 Å². The summed E-state index contributed by atoms with van der Waals surface area (Å²) in [5.41, 5.74) is 11.6. The van der Waals surface area contributed by atoms with Gasteiger partial charge in [0.2, 0.25) is 0 Å². The highest BCUT2D eigenvalue weighted by Crippen LogP contribution is 2.19. The zero-order valence-electron chi connectivity index (χ0n) is 45.8. The molecule has 0 spiro atoms. The summed E-state index contributed by atoms with van der Waals surface area (Å²) in [4.78, 5) is 15.0. The Bertz CT molecular complexity index is 1840. The zero-order valence-corrected chi connectivity index (χ0v) is 45.8. The minimum atomic E-state index is 0.635. The Kier molecular flexibility index (Phi) is 26.7. The second-order valence-corrected chi connectivity index (χ2v) is 21.7. The largest absolute Gasteiger partial charge is 0.309 e. The van der Waals surface area contributed by atoms with E-state index in [1.54, 1.807) is 0 Å². The first-order valence-electron chi connectivity index (χ1n) is 27.3. The second-order valence-electron chi connectivity index (χ2n) is 21.7. The van der Waals surface area contributed by atoms with Gasteiger partial charge in [0.05, 0.1) is 0 Å². The molecule has 0 saturated carbocycles. The molecule has 4 aromatic carbocycles. The summed E-state index contributed by atoms with van der Waals surface area (Å²) in [7, 11) is 6.44. The SMILES string of the molecule is CC(C)c1ccc(CCN(C)C)cc1.CC(C)c1ccc(CCN2CCCCC2)cc1.CC(C)c1ccc(CCN2CCN(C)CC2)cc1.CCN1CCN(CCc2ccc(C(C)C)cc2)CC1. The third kappa shape index (κ3) is 22.6. The zero-order chi connectivity index (χ0) is 49.3. The molecule has 4 aromatic rings. The van der Waals surface area contributed by atoms with Crippen LogP contribution in [0.2, 0.25) is 0 Å². The first-order chi connectivity index (χ1) is 32.7. The van der Waals surface area contributed by atoms with Crippen LogP contribution in [0.5, 0.6) is 0 Å². The van der Waals surface area contributed by atoms with Gasteiger partial charge in [-0.3, -0.25) is 0 Å². The van der Waals surface area contributed by atoms with Gasteiger partial charge in [-0.05, 0) is 147 Å². The molecule has 3 aliphatic rings. The van der Waals surface area contributed by atoms with Gasteiger partial charge in [-0.2, -0.15) is 0 Å². The molecule has 3 heterocycles. The fourth-order valence-corrected chi connectivity index (χ4v) is 9.07. The maximum atomic E-state index is 2.61. The lowest BCUT2D eigenvalue weighted by molar-refractivity contribution is 0.138. The Morgan fingerprint density at radius 2 is 0.647 bits per heavy atom. The van der Waals surface area contributed by atoms with Crippen molar-refractivity contribution in [2.45, 2.75) is 131 Å². The van der Waals surface area contributed by atoms with Crippen molar-refractivity contribution in [2.24, 2.45) is 0 Å². The summed E-state index contributed by atoms with van der Waals surface area (Å²) in [5, 5.41) is 0. The molecule has 3 aliphatic heterocycles. The quantitative estimate of drug-likeness (QED) is 0.104. The number of hydrogen-bond acceptors (Lipinski definition) is 6. The Morgan fingerprint density at radius 3 is 0.941 bits per heavy atom. The number of likely N-dealkylation sites (tertiary alicyclic amines) is 1. The lowest BCUT2D eigenvalue weighted by Crippen LogP contribution is -2.46. The highest BCUT2D eigenvalue weighted by molar-refractivity contribution is 5.27. The van der Waals surface area contributed by atoms with Gasteiger partial charge in [0.15, 0.2) is 0 Å². The van der Waals surface area contributed by atoms with E-state index in [1.165, 1.54) is 175 Å². The Morgan fingerprint density at radius 1 is 0.368 bits per heavy atom. The van der Waals surface area contributed by atoms with Crippen LogP contribution < -0.4 is 0 Å². The molecule has 0 amide bonds. The van der Waals surface area contributed by atoms with E-state index in [-0.39, 0.29) is 0 Å². The molecule has 7 rings (SSSR count). The first kappa shape index (κ1) is 57.2. The average molecular weight is 930 g/mol. The first-order valence-corrected chi connectivity index (χ1v) is 27.3. The van der Waals surface area contributed by atoms with Crippen molar-refractivity contribution in [1.29, 1.82) is 0 Å². The molecule has 6 heteroatoms. The van der Waals surface area contributed by atoms with E-state index in [2.05, 4.69) is 210 Å². The Hall–Kier alpha value is -3.36. The summed E-state index contributed by atoms with van der Waals surface area (Å²) in [6.07, 6.45) is 8.94. The van der Waals surface area contributed by atoms with Gasteiger partial charge in [0.1, 0.15) is 0 Å². The van der Waals surface area contributed by atoms with E-state index >= 15 is 0 Å². The van der Waals surface area contributed by atoms with Crippen molar-refractivity contribution in [1.82, 2.24) is 29.4 Å². The van der Waals surface area contributed by atoms with Gasteiger partial charge in [-0.25, -0.2) is 0 Å². The molecule has 0 aliphatic carbocycles. The molecule has 0 atom stereocenters. The highest BCUT2D eigenvalue weighted by Gasteiger charge is 2.16. The van der Waals surface area contributed by atoms with Crippen molar-refractivity contribution < 1.29 is 0 Å². The van der Waals surface area contributed by atoms with Gasteiger partial charge in [0.25, 0.3) is 0 Å². The summed E-state index contributed by atoms with van der Waals surface area (Å²) < 4.78 is 0. The van der Waals surface area contributed by atoms with Crippen LogP contribution in [0.15, 0.2) is 97.1 Å². The number of piperazine rings is 2. The lowest BCUT2D eigenvalue weighted by Gasteiger charge is -2.34. The van der Waals surface area contributed by atoms with E-state index < -0.39 is 0 Å². The fraction of sp³-hybridized carbons (Fsp3) is 0.613. The van der Waals surface area contributed by atoms with E-state index in [4.69, 9.17) is 0 Å². The molecule has 378 valence electrons. The molecule has 3 fully saturated rings. The Labute approximate surface area is 419 Å². The van der Waals surface area contributed by atoms with Crippen LogP contribution >= 0.6 is 0 Å². The number of likely N-dealkylation sites (N-methyl/N-ethyl adjacent to an activating group) is 3. The maximum Gasteiger partial charge on any atom is 0.0110 e. The molecular weight excluding hydrogens is 829 g/mol. The predicted octanol–water partition coefficient (Wildman–Crippen LogP) is 12.3. The summed E-state index contributed by atoms with van der Waals surface area (Å²) >= 11 is 0. The number of hydrogen-bond donors (Lipinski definition) is 0. The highest BCUT2D eigenvalue weighted by atomic mass is 15.3. The van der Waals surface area contributed by atoms with Gasteiger partial charge in [-0.1, -0.05) is 166 Å². The molecule has 0 unspecified atom stereocenters. The third-order valence-electron chi connectivity index (χ3n) is 14.5. The van der Waals surface area contributed by atoms with Gasteiger partial charge in [-0.15, -0.1) is 0 Å². The average Bonchev–Trinajstić information content (AvgIpc) is 3.36. The minimum absolute atomic E-state index is 0.635. The molecule has 68 heavy (non-hydrogen) atoms. The summed E-state index contributed by atoms with van der Waals surface area (Å²) in [6, 6.07) is 36.5. The Balaban J connectivity index is 0.000000199. The fourth-order valence-electron chi connectivity index (χ4n) is 9.07. The predicted molar refractivity (Wildman–Crippen MR) is 298 cm³/mol.